The van der Waals surface area contributed by atoms with Gasteiger partial charge in [-0.3, -0.25) is 4.79 Å². The average molecular weight is 367 g/mol. The van der Waals surface area contributed by atoms with Gasteiger partial charge in [-0.15, -0.1) is 0 Å². The molecule has 2 aliphatic rings. The van der Waals surface area contributed by atoms with Crippen molar-refractivity contribution in [1.82, 2.24) is 4.90 Å². The first kappa shape index (κ1) is 18.4. The third-order valence-corrected chi connectivity index (χ3v) is 5.20. The molecule has 138 valence electrons. The van der Waals surface area contributed by atoms with Gasteiger partial charge in [0.15, 0.2) is 12.7 Å². The predicted octanol–water partition coefficient (Wildman–Crippen LogP) is 2.37. The van der Waals surface area contributed by atoms with E-state index in [1.807, 2.05) is 21.7 Å². The molecule has 0 N–H and O–H groups in total. The number of nitrogens with zero attached hydrogens (tertiary/aromatic N) is 1. The van der Waals surface area contributed by atoms with Crippen LogP contribution in [-0.2, 0) is 30.3 Å². The minimum atomic E-state index is -0.691. The fourth-order valence-electron chi connectivity index (χ4n) is 2.82. The number of carbonyl (C=O) groups is 2. The Labute approximate surface area is 152 Å². The fraction of sp³-hybridized carbons (Fsp3) is 0.667. The largest absolute Gasteiger partial charge is 0.454 e. The number of ether oxygens (including phenoxy) is 3. The second-order valence-electron chi connectivity index (χ2n) is 6.60. The van der Waals surface area contributed by atoms with Crippen LogP contribution >= 0.6 is 11.3 Å². The van der Waals surface area contributed by atoms with Gasteiger partial charge in [0.25, 0.3) is 5.91 Å². The van der Waals surface area contributed by atoms with Crippen LogP contribution in [0.4, 0.5) is 0 Å². The summed E-state index contributed by atoms with van der Waals surface area (Å²) in [7, 11) is 0. The minimum absolute atomic E-state index is 0.0628. The molecule has 0 radical (unpaired) electrons. The van der Waals surface area contributed by atoms with Gasteiger partial charge in [0.2, 0.25) is 0 Å². The maximum Gasteiger partial charge on any atom is 0.335 e. The van der Waals surface area contributed by atoms with Gasteiger partial charge in [-0.25, -0.2) is 4.79 Å². The smallest absolute Gasteiger partial charge is 0.335 e. The van der Waals surface area contributed by atoms with E-state index in [4.69, 9.17) is 14.2 Å². The van der Waals surface area contributed by atoms with Gasteiger partial charge >= 0.3 is 5.97 Å². The fourth-order valence-corrected chi connectivity index (χ4v) is 3.47. The SMILES string of the molecule is CC(OCC1CCCO1)C(=O)OCC(=O)N(Cc1ccsc1)C1CC1. The summed E-state index contributed by atoms with van der Waals surface area (Å²) in [4.78, 5) is 26.3. The molecule has 1 aliphatic carbocycles. The lowest BCUT2D eigenvalue weighted by Gasteiger charge is -2.22. The quantitative estimate of drug-likeness (QED) is 0.627. The number of thiophene rings is 1. The molecule has 2 fully saturated rings. The zero-order valence-corrected chi connectivity index (χ0v) is 15.3. The van der Waals surface area contributed by atoms with Crippen LogP contribution in [0.1, 0.15) is 38.2 Å². The molecule has 0 bridgehead atoms. The lowest BCUT2D eigenvalue weighted by atomic mass is 10.2. The lowest BCUT2D eigenvalue weighted by Crippen LogP contribution is -2.37. The van der Waals surface area contributed by atoms with E-state index in [1.54, 1.807) is 18.3 Å². The van der Waals surface area contributed by atoms with Gasteiger partial charge in [-0.05, 0) is 55.0 Å². The number of amides is 1. The van der Waals surface area contributed by atoms with Gasteiger partial charge in [-0.1, -0.05) is 0 Å². The Hall–Kier alpha value is -1.44. The molecule has 0 aromatic carbocycles. The standard InChI is InChI=1S/C18H25NO5S/c1-13(23-10-16-3-2-7-22-16)18(21)24-11-17(20)19(15-4-5-15)9-14-6-8-25-12-14/h6,8,12-13,15-16H,2-5,7,9-11H2,1H3. The Morgan fingerprint density at radius 3 is 2.88 bits per heavy atom. The van der Waals surface area contributed by atoms with Gasteiger partial charge in [0.05, 0.1) is 12.7 Å². The Bertz CT molecular complexity index is 566. The Morgan fingerprint density at radius 2 is 2.24 bits per heavy atom. The van der Waals surface area contributed by atoms with E-state index in [2.05, 4.69) is 0 Å². The van der Waals surface area contributed by atoms with Crippen molar-refractivity contribution >= 4 is 23.2 Å². The van der Waals surface area contributed by atoms with Crippen LogP contribution in [-0.4, -0.2) is 54.8 Å². The average Bonchev–Trinajstić information content (AvgIpc) is 3.10. The first-order chi connectivity index (χ1) is 12.1. The molecule has 3 rings (SSSR count). The third kappa shape index (κ3) is 5.52. The van der Waals surface area contributed by atoms with Crippen molar-refractivity contribution in [2.24, 2.45) is 0 Å². The van der Waals surface area contributed by atoms with E-state index < -0.39 is 12.1 Å². The van der Waals surface area contributed by atoms with Crippen molar-refractivity contribution in [3.63, 3.8) is 0 Å². The van der Waals surface area contributed by atoms with Gasteiger partial charge in [0, 0.05) is 19.2 Å². The molecule has 1 aromatic rings. The molecular formula is C18H25NO5S. The molecule has 1 saturated heterocycles. The molecule has 1 aliphatic heterocycles. The second kappa shape index (κ2) is 8.78. The predicted molar refractivity (Wildman–Crippen MR) is 93.2 cm³/mol. The summed E-state index contributed by atoms with van der Waals surface area (Å²) >= 11 is 1.61. The first-order valence-electron chi connectivity index (χ1n) is 8.84. The van der Waals surface area contributed by atoms with E-state index in [0.717, 1.165) is 37.9 Å². The molecule has 2 unspecified atom stereocenters. The van der Waals surface area contributed by atoms with Crippen molar-refractivity contribution in [3.05, 3.63) is 22.4 Å². The Balaban J connectivity index is 1.41. The highest BCUT2D eigenvalue weighted by Gasteiger charge is 2.33. The van der Waals surface area contributed by atoms with E-state index in [9.17, 15) is 9.59 Å². The highest BCUT2D eigenvalue weighted by molar-refractivity contribution is 7.07. The molecule has 25 heavy (non-hydrogen) atoms. The summed E-state index contributed by atoms with van der Waals surface area (Å²) in [5.41, 5.74) is 1.12. The van der Waals surface area contributed by atoms with Crippen LogP contribution in [0, 0.1) is 0 Å². The third-order valence-electron chi connectivity index (χ3n) is 4.47. The van der Waals surface area contributed by atoms with Crippen molar-refractivity contribution in [1.29, 1.82) is 0 Å². The normalized spacial score (nSPS) is 21.1. The highest BCUT2D eigenvalue weighted by atomic mass is 32.1. The summed E-state index contributed by atoms with van der Waals surface area (Å²) in [6.45, 7) is 3.13. The molecule has 2 heterocycles. The number of carbonyl (C=O) groups excluding carboxylic acids is 2. The summed E-state index contributed by atoms with van der Waals surface area (Å²) in [5.74, 6) is -0.647. The van der Waals surface area contributed by atoms with Crippen LogP contribution in [0.5, 0.6) is 0 Å². The zero-order chi connectivity index (χ0) is 17.6. The number of hydrogen-bond acceptors (Lipinski definition) is 6. The van der Waals surface area contributed by atoms with Crippen LogP contribution in [0.25, 0.3) is 0 Å². The van der Waals surface area contributed by atoms with Crippen LogP contribution in [0.3, 0.4) is 0 Å². The second-order valence-corrected chi connectivity index (χ2v) is 7.38. The van der Waals surface area contributed by atoms with Gasteiger partial charge in [-0.2, -0.15) is 11.3 Å². The van der Waals surface area contributed by atoms with Crippen molar-refractivity contribution < 1.29 is 23.8 Å². The first-order valence-corrected chi connectivity index (χ1v) is 9.78. The monoisotopic (exact) mass is 367 g/mol. The zero-order valence-electron chi connectivity index (χ0n) is 14.5. The molecule has 2 atom stereocenters. The molecule has 1 saturated carbocycles. The lowest BCUT2D eigenvalue weighted by molar-refractivity contribution is -0.163. The number of esters is 1. The van der Waals surface area contributed by atoms with Crippen LogP contribution < -0.4 is 0 Å². The van der Waals surface area contributed by atoms with E-state index >= 15 is 0 Å². The molecule has 7 heteroatoms. The molecule has 6 nitrogen and oxygen atoms in total. The van der Waals surface area contributed by atoms with E-state index in [-0.39, 0.29) is 24.7 Å². The van der Waals surface area contributed by atoms with Crippen molar-refractivity contribution in [2.75, 3.05) is 19.8 Å². The molecular weight excluding hydrogens is 342 g/mol. The Kier molecular flexibility index (Phi) is 6.45. The van der Waals surface area contributed by atoms with Crippen molar-refractivity contribution in [3.8, 4) is 0 Å². The summed E-state index contributed by atoms with van der Waals surface area (Å²) in [6.07, 6.45) is 3.40. The summed E-state index contributed by atoms with van der Waals surface area (Å²) in [6, 6.07) is 2.29. The molecule has 1 aromatic heterocycles. The van der Waals surface area contributed by atoms with Gasteiger partial charge < -0.3 is 19.1 Å². The highest BCUT2D eigenvalue weighted by Crippen LogP contribution is 2.28. The minimum Gasteiger partial charge on any atom is -0.454 e. The van der Waals surface area contributed by atoms with E-state index in [1.165, 1.54) is 0 Å². The number of hydrogen-bond donors (Lipinski definition) is 0. The summed E-state index contributed by atoms with van der Waals surface area (Å²) in [5, 5.41) is 4.04. The number of rotatable bonds is 9. The van der Waals surface area contributed by atoms with Crippen LogP contribution in [0.15, 0.2) is 16.8 Å². The maximum atomic E-state index is 12.4. The summed E-state index contributed by atoms with van der Waals surface area (Å²) < 4.78 is 16.1. The Morgan fingerprint density at radius 1 is 1.40 bits per heavy atom. The van der Waals surface area contributed by atoms with Crippen molar-refractivity contribution in [2.45, 2.75) is 57.4 Å². The van der Waals surface area contributed by atoms with Gasteiger partial charge in [0.1, 0.15) is 0 Å². The van der Waals surface area contributed by atoms with E-state index in [0.29, 0.717) is 13.2 Å². The molecule has 1 amide bonds. The topological polar surface area (TPSA) is 65.1 Å². The van der Waals surface area contributed by atoms with Crippen LogP contribution in [0.2, 0.25) is 0 Å². The maximum absolute atomic E-state index is 12.4. The molecule has 0 spiro atoms.